The van der Waals surface area contributed by atoms with Crippen molar-refractivity contribution in [1.29, 1.82) is 0 Å². The number of rotatable bonds is 6. The number of hydrogen-bond acceptors (Lipinski definition) is 9. The number of aryl methyl sites for hydroxylation is 1. The van der Waals surface area contributed by atoms with Gasteiger partial charge in [-0.15, -0.1) is 0 Å². The van der Waals surface area contributed by atoms with Crippen LogP contribution in [0.2, 0.25) is 0 Å². The second-order valence-corrected chi connectivity index (χ2v) is 7.11. The van der Waals surface area contributed by atoms with Gasteiger partial charge in [0.05, 0.1) is 25.4 Å². The molecule has 0 saturated heterocycles. The molecular weight excluding hydrogens is 416 g/mol. The van der Waals surface area contributed by atoms with Gasteiger partial charge in [-0.3, -0.25) is 4.79 Å². The molecule has 9 nitrogen and oxygen atoms in total. The number of allylic oxidation sites excluding steroid dienone is 2. The summed E-state index contributed by atoms with van der Waals surface area (Å²) in [6, 6.07) is 9.30. The van der Waals surface area contributed by atoms with E-state index in [2.05, 4.69) is 10.3 Å². The van der Waals surface area contributed by atoms with E-state index >= 15 is 0 Å². The number of aromatic nitrogens is 1. The summed E-state index contributed by atoms with van der Waals surface area (Å²) in [5, 5.41) is 2.92. The molecule has 0 saturated carbocycles. The van der Waals surface area contributed by atoms with Gasteiger partial charge in [0.2, 0.25) is 5.89 Å². The smallest absolute Gasteiger partial charge is 0.336 e. The van der Waals surface area contributed by atoms with Gasteiger partial charge in [-0.1, -0.05) is 18.2 Å². The van der Waals surface area contributed by atoms with E-state index in [4.69, 9.17) is 18.6 Å². The number of dihydropyridines is 1. The van der Waals surface area contributed by atoms with Crippen molar-refractivity contribution in [3.05, 3.63) is 64.3 Å². The minimum Gasteiger partial charge on any atom is -0.466 e. The molecule has 9 heteroatoms. The Hall–Kier alpha value is -3.88. The number of esters is 3. The number of benzene rings is 1. The van der Waals surface area contributed by atoms with Crippen molar-refractivity contribution in [2.45, 2.75) is 27.4 Å². The third-order valence-electron chi connectivity index (χ3n) is 5.07. The van der Waals surface area contributed by atoms with Crippen molar-refractivity contribution in [3.8, 4) is 11.5 Å². The molecule has 1 aromatic heterocycles. The van der Waals surface area contributed by atoms with Crippen LogP contribution >= 0.6 is 0 Å². The lowest BCUT2D eigenvalue weighted by Crippen LogP contribution is -2.37. The molecule has 0 amide bonds. The van der Waals surface area contributed by atoms with Crippen molar-refractivity contribution < 1.29 is 33.0 Å². The summed E-state index contributed by atoms with van der Waals surface area (Å²) in [6.07, 6.45) is 0. The normalized spacial score (nSPS) is 14.2. The molecule has 0 spiro atoms. The fourth-order valence-corrected chi connectivity index (χ4v) is 3.48. The number of nitrogens with one attached hydrogen (secondary N) is 1. The highest BCUT2D eigenvalue weighted by atomic mass is 16.5. The first-order chi connectivity index (χ1) is 15.3. The number of carbonyl (C=O) groups is 3. The molecule has 0 unspecified atom stereocenters. The van der Waals surface area contributed by atoms with E-state index in [0.29, 0.717) is 28.7 Å². The molecule has 32 heavy (non-hydrogen) atoms. The van der Waals surface area contributed by atoms with Crippen molar-refractivity contribution >= 4 is 17.9 Å². The minimum absolute atomic E-state index is 0.0228. The number of methoxy groups -OCH3 is 2. The Balaban J connectivity index is 1.88. The molecule has 1 aliphatic heterocycles. The topological polar surface area (TPSA) is 117 Å². The summed E-state index contributed by atoms with van der Waals surface area (Å²) >= 11 is 0. The van der Waals surface area contributed by atoms with Gasteiger partial charge in [-0.25, -0.2) is 14.6 Å². The van der Waals surface area contributed by atoms with E-state index < -0.39 is 23.8 Å². The molecule has 0 bridgehead atoms. The van der Waals surface area contributed by atoms with Gasteiger partial charge in [0.25, 0.3) is 0 Å². The summed E-state index contributed by atoms with van der Waals surface area (Å²) in [7, 11) is 2.38. The van der Waals surface area contributed by atoms with Crippen LogP contribution in [-0.2, 0) is 35.2 Å². The first kappa shape index (κ1) is 22.8. The van der Waals surface area contributed by atoms with E-state index in [0.717, 1.165) is 5.56 Å². The third kappa shape index (κ3) is 4.41. The van der Waals surface area contributed by atoms with Gasteiger partial charge in [0.15, 0.2) is 0 Å². The molecule has 1 aromatic carbocycles. The predicted molar refractivity (Wildman–Crippen MR) is 113 cm³/mol. The van der Waals surface area contributed by atoms with Crippen LogP contribution in [0.5, 0.6) is 0 Å². The van der Waals surface area contributed by atoms with Crippen LogP contribution < -0.4 is 5.32 Å². The zero-order chi connectivity index (χ0) is 23.4. The fourth-order valence-electron chi connectivity index (χ4n) is 3.48. The van der Waals surface area contributed by atoms with Crippen LogP contribution in [0.3, 0.4) is 0 Å². The third-order valence-corrected chi connectivity index (χ3v) is 5.07. The Morgan fingerprint density at radius 2 is 1.53 bits per heavy atom. The largest absolute Gasteiger partial charge is 0.466 e. The van der Waals surface area contributed by atoms with Crippen molar-refractivity contribution in [2.75, 3.05) is 14.2 Å². The minimum atomic E-state index is -1.31. The van der Waals surface area contributed by atoms with Crippen molar-refractivity contribution in [2.24, 2.45) is 5.92 Å². The van der Waals surface area contributed by atoms with Crippen LogP contribution in [0.25, 0.3) is 11.5 Å². The number of ether oxygens (including phenoxy) is 3. The molecule has 0 atom stereocenters. The summed E-state index contributed by atoms with van der Waals surface area (Å²) in [6.45, 7) is 4.73. The van der Waals surface area contributed by atoms with Gasteiger partial charge >= 0.3 is 17.9 Å². The van der Waals surface area contributed by atoms with Crippen LogP contribution in [-0.4, -0.2) is 37.1 Å². The zero-order valence-electron chi connectivity index (χ0n) is 18.5. The highest BCUT2D eigenvalue weighted by Crippen LogP contribution is 2.33. The maximum Gasteiger partial charge on any atom is 0.336 e. The number of hydrogen-bond donors (Lipinski definition) is 1. The van der Waals surface area contributed by atoms with Crippen LogP contribution in [0, 0.1) is 12.8 Å². The SMILES string of the molecule is COC(=O)C1=C(C)NC(C)=C(C(=O)OC)C1C(=O)OCc1nc(-c2ccccc2)oc1C. The number of carbonyl (C=O) groups excluding carboxylic acids is 3. The van der Waals surface area contributed by atoms with E-state index in [1.807, 2.05) is 30.3 Å². The molecule has 2 aromatic rings. The first-order valence-electron chi connectivity index (χ1n) is 9.82. The summed E-state index contributed by atoms with van der Waals surface area (Å²) in [5.41, 5.74) is 1.92. The molecule has 3 rings (SSSR count). The van der Waals surface area contributed by atoms with E-state index in [9.17, 15) is 14.4 Å². The van der Waals surface area contributed by atoms with E-state index in [-0.39, 0.29) is 17.8 Å². The Bertz CT molecular complexity index is 1070. The second-order valence-electron chi connectivity index (χ2n) is 7.11. The lowest BCUT2D eigenvalue weighted by molar-refractivity contribution is -0.152. The van der Waals surface area contributed by atoms with Crippen molar-refractivity contribution in [1.82, 2.24) is 10.3 Å². The number of oxazole rings is 1. The van der Waals surface area contributed by atoms with E-state index in [1.165, 1.54) is 14.2 Å². The zero-order valence-corrected chi connectivity index (χ0v) is 18.5. The molecule has 2 heterocycles. The maximum absolute atomic E-state index is 13.1. The summed E-state index contributed by atoms with van der Waals surface area (Å²) in [5.74, 6) is -2.74. The maximum atomic E-state index is 13.1. The molecule has 0 radical (unpaired) electrons. The van der Waals surface area contributed by atoms with Gasteiger partial charge in [0, 0.05) is 17.0 Å². The Labute approximate surface area is 185 Å². The molecule has 168 valence electrons. The van der Waals surface area contributed by atoms with Gasteiger partial charge in [-0.05, 0) is 32.9 Å². The predicted octanol–water partition coefficient (Wildman–Crippen LogP) is 2.81. The highest BCUT2D eigenvalue weighted by molar-refractivity contribution is 6.05. The summed E-state index contributed by atoms with van der Waals surface area (Å²) < 4.78 is 20.8. The lowest BCUT2D eigenvalue weighted by atomic mass is 9.85. The number of nitrogens with zero attached hydrogens (tertiary/aromatic N) is 1. The Morgan fingerprint density at radius 1 is 0.969 bits per heavy atom. The van der Waals surface area contributed by atoms with Crippen LogP contribution in [0.15, 0.2) is 57.3 Å². The average molecular weight is 440 g/mol. The lowest BCUT2D eigenvalue weighted by Gasteiger charge is -2.28. The van der Waals surface area contributed by atoms with Crippen molar-refractivity contribution in [3.63, 3.8) is 0 Å². The molecule has 1 N–H and O–H groups in total. The van der Waals surface area contributed by atoms with Crippen LogP contribution in [0.4, 0.5) is 0 Å². The fraction of sp³-hybridized carbons (Fsp3) is 0.304. The van der Waals surface area contributed by atoms with Gasteiger partial charge < -0.3 is 23.9 Å². The highest BCUT2D eigenvalue weighted by Gasteiger charge is 2.42. The standard InChI is InChI=1S/C23H24N2O7/c1-12-17(21(26)29-4)19(18(13(2)24-12)22(27)30-5)23(28)31-11-16-14(3)32-20(25-16)15-9-7-6-8-10-15/h6-10,19,24H,11H2,1-5H3. The quantitative estimate of drug-likeness (QED) is 0.534. The van der Waals surface area contributed by atoms with Gasteiger partial charge in [0.1, 0.15) is 24.0 Å². The molecule has 0 fully saturated rings. The Morgan fingerprint density at radius 3 is 2.06 bits per heavy atom. The van der Waals surface area contributed by atoms with E-state index in [1.54, 1.807) is 20.8 Å². The second kappa shape index (κ2) is 9.51. The molecule has 1 aliphatic rings. The molecular formula is C23H24N2O7. The molecule has 0 aliphatic carbocycles. The first-order valence-corrected chi connectivity index (χ1v) is 9.82. The monoisotopic (exact) mass is 440 g/mol. The van der Waals surface area contributed by atoms with Gasteiger partial charge in [-0.2, -0.15) is 0 Å². The summed E-state index contributed by atoms with van der Waals surface area (Å²) in [4.78, 5) is 42.4. The average Bonchev–Trinajstić information content (AvgIpc) is 3.17. The Kier molecular flexibility index (Phi) is 6.77. The van der Waals surface area contributed by atoms with Crippen LogP contribution in [0.1, 0.15) is 25.3 Å².